The molecule has 1 N–H and O–H groups in total. The molecule has 0 saturated carbocycles. The number of hydrogen-bond donors (Lipinski definition) is 1. The lowest BCUT2D eigenvalue weighted by atomic mass is 9.86. The summed E-state index contributed by atoms with van der Waals surface area (Å²) < 4.78 is 44.8. The molecule has 39 heavy (non-hydrogen) atoms. The van der Waals surface area contributed by atoms with Gasteiger partial charge in [-0.2, -0.15) is 0 Å². The summed E-state index contributed by atoms with van der Waals surface area (Å²) in [5, 5.41) is 2.94. The minimum absolute atomic E-state index is 0.0156. The molecule has 0 aliphatic carbocycles. The lowest BCUT2D eigenvalue weighted by Gasteiger charge is -2.26. The molecule has 1 atom stereocenters. The minimum Gasteiger partial charge on any atom is -0.494 e. The monoisotopic (exact) mass is 554 g/mol. The fraction of sp³-hybridized carbons (Fsp3) is 0.367. The third-order valence-corrected chi connectivity index (χ3v) is 8.09. The van der Waals surface area contributed by atoms with Crippen LogP contribution in [0, 0.1) is 0 Å². The van der Waals surface area contributed by atoms with E-state index in [9.17, 15) is 13.2 Å². The van der Waals surface area contributed by atoms with Crippen LogP contribution in [-0.4, -0.2) is 41.7 Å². The summed E-state index contributed by atoms with van der Waals surface area (Å²) in [6, 6.07) is 18.6. The first-order chi connectivity index (χ1) is 18.4. The van der Waals surface area contributed by atoms with E-state index in [1.165, 1.54) is 38.0 Å². The molecular formula is C30H38N2O6S. The van der Waals surface area contributed by atoms with Crippen LogP contribution in [-0.2, 0) is 20.2 Å². The number of anilines is 1. The van der Waals surface area contributed by atoms with Crippen LogP contribution in [0.4, 0.5) is 5.69 Å². The summed E-state index contributed by atoms with van der Waals surface area (Å²) in [5.41, 5.74) is 2.45. The van der Waals surface area contributed by atoms with Crippen molar-refractivity contribution in [1.29, 1.82) is 0 Å². The predicted molar refractivity (Wildman–Crippen MR) is 153 cm³/mol. The van der Waals surface area contributed by atoms with Gasteiger partial charge in [0.05, 0.1) is 37.5 Å². The van der Waals surface area contributed by atoms with E-state index in [1.54, 1.807) is 24.3 Å². The number of sulfonamides is 1. The van der Waals surface area contributed by atoms with E-state index in [1.807, 2.05) is 38.1 Å². The van der Waals surface area contributed by atoms with Gasteiger partial charge in [0, 0.05) is 6.07 Å². The van der Waals surface area contributed by atoms with Crippen molar-refractivity contribution < 1.29 is 27.4 Å². The topological polar surface area (TPSA) is 94.2 Å². The van der Waals surface area contributed by atoms with Crippen LogP contribution in [0.15, 0.2) is 71.6 Å². The number of benzene rings is 3. The lowest BCUT2D eigenvalue weighted by molar-refractivity contribution is -0.120. The molecule has 0 bridgehead atoms. The van der Waals surface area contributed by atoms with Crippen molar-refractivity contribution in [3.8, 4) is 17.2 Å². The highest BCUT2D eigenvalue weighted by molar-refractivity contribution is 7.92. The lowest BCUT2D eigenvalue weighted by Crippen LogP contribution is -2.41. The third kappa shape index (κ3) is 7.23. The maximum absolute atomic E-state index is 13.9. The Morgan fingerprint density at radius 2 is 1.54 bits per heavy atom. The molecule has 9 heteroatoms. The normalized spacial score (nSPS) is 12.4. The van der Waals surface area contributed by atoms with E-state index in [-0.39, 0.29) is 22.1 Å². The highest BCUT2D eigenvalue weighted by Crippen LogP contribution is 2.33. The Labute approximate surface area is 231 Å². The average molecular weight is 555 g/mol. The standard InChI is InChI=1S/C30H38N2O6S/c1-8-38-25-15-13-24(14-16-25)32(39(34,35)26-17-18-27(36-6)28(19-26)37-7)20-29(33)31-21(2)22-9-11-23(12-10-22)30(3,4)5/h9-19,21H,8,20H2,1-7H3,(H,31,33). The van der Waals surface area contributed by atoms with Gasteiger partial charge in [-0.15, -0.1) is 0 Å². The maximum Gasteiger partial charge on any atom is 0.264 e. The van der Waals surface area contributed by atoms with E-state index in [0.717, 1.165) is 9.87 Å². The molecule has 0 aliphatic heterocycles. The van der Waals surface area contributed by atoms with Gasteiger partial charge >= 0.3 is 0 Å². The summed E-state index contributed by atoms with van der Waals surface area (Å²) in [4.78, 5) is 13.2. The number of nitrogens with one attached hydrogen (secondary N) is 1. The molecule has 3 aromatic rings. The quantitative estimate of drug-likeness (QED) is 0.338. The highest BCUT2D eigenvalue weighted by atomic mass is 32.2. The Kier molecular flexibility index (Phi) is 9.50. The molecule has 0 saturated heterocycles. The molecule has 0 heterocycles. The summed E-state index contributed by atoms with van der Waals surface area (Å²) in [5.74, 6) is 0.817. The zero-order valence-electron chi connectivity index (χ0n) is 23.6. The molecule has 0 aromatic heterocycles. The van der Waals surface area contributed by atoms with E-state index >= 15 is 0 Å². The average Bonchev–Trinajstić information content (AvgIpc) is 2.91. The maximum atomic E-state index is 13.9. The van der Waals surface area contributed by atoms with Crippen LogP contribution in [0.25, 0.3) is 0 Å². The first-order valence-corrected chi connectivity index (χ1v) is 14.2. The number of ether oxygens (including phenoxy) is 3. The molecular weight excluding hydrogens is 516 g/mol. The number of methoxy groups -OCH3 is 2. The molecule has 1 unspecified atom stereocenters. The number of amides is 1. The van der Waals surface area contributed by atoms with Gasteiger partial charge in [-0.1, -0.05) is 45.0 Å². The Morgan fingerprint density at radius 1 is 0.923 bits per heavy atom. The van der Waals surface area contributed by atoms with Gasteiger partial charge in [0.2, 0.25) is 5.91 Å². The summed E-state index contributed by atoms with van der Waals surface area (Å²) in [7, 11) is -1.25. The predicted octanol–water partition coefficient (Wildman–Crippen LogP) is 5.47. The molecule has 0 spiro atoms. The summed E-state index contributed by atoms with van der Waals surface area (Å²) in [6.45, 7) is 10.2. The number of carbonyl (C=O) groups excluding carboxylic acids is 1. The minimum atomic E-state index is -4.16. The van der Waals surface area contributed by atoms with Gasteiger partial charge in [-0.25, -0.2) is 8.42 Å². The Balaban J connectivity index is 1.91. The SMILES string of the molecule is CCOc1ccc(N(CC(=O)NC(C)c2ccc(C(C)(C)C)cc2)S(=O)(=O)c2ccc(OC)c(OC)c2)cc1. The fourth-order valence-electron chi connectivity index (χ4n) is 4.07. The van der Waals surface area contributed by atoms with Gasteiger partial charge in [-0.05, 0) is 66.8 Å². The van der Waals surface area contributed by atoms with Crippen molar-refractivity contribution >= 4 is 21.6 Å². The Bertz CT molecular complexity index is 1360. The second kappa shape index (κ2) is 12.4. The molecule has 3 aromatic carbocycles. The second-order valence-electron chi connectivity index (χ2n) is 10.1. The van der Waals surface area contributed by atoms with Crippen molar-refractivity contribution in [2.75, 3.05) is 31.7 Å². The van der Waals surface area contributed by atoms with Crippen LogP contribution >= 0.6 is 0 Å². The van der Waals surface area contributed by atoms with Gasteiger partial charge in [-0.3, -0.25) is 9.10 Å². The molecule has 1 amide bonds. The molecule has 0 fully saturated rings. The second-order valence-corrected chi connectivity index (χ2v) is 12.0. The Hall–Kier alpha value is -3.72. The van der Waals surface area contributed by atoms with E-state index < -0.39 is 22.5 Å². The van der Waals surface area contributed by atoms with Crippen LogP contribution in [0.3, 0.4) is 0 Å². The number of hydrogen-bond acceptors (Lipinski definition) is 6. The van der Waals surface area contributed by atoms with Crippen molar-refractivity contribution in [2.24, 2.45) is 0 Å². The van der Waals surface area contributed by atoms with E-state index in [0.29, 0.717) is 23.8 Å². The van der Waals surface area contributed by atoms with Crippen molar-refractivity contribution in [3.63, 3.8) is 0 Å². The zero-order chi connectivity index (χ0) is 28.8. The van der Waals surface area contributed by atoms with E-state index in [2.05, 4.69) is 26.1 Å². The fourth-order valence-corrected chi connectivity index (χ4v) is 5.50. The number of rotatable bonds is 11. The van der Waals surface area contributed by atoms with Crippen LogP contribution in [0.1, 0.15) is 51.8 Å². The van der Waals surface area contributed by atoms with Crippen LogP contribution in [0.5, 0.6) is 17.2 Å². The number of nitrogens with zero attached hydrogens (tertiary/aromatic N) is 1. The van der Waals surface area contributed by atoms with Crippen LogP contribution < -0.4 is 23.8 Å². The zero-order valence-corrected chi connectivity index (χ0v) is 24.5. The first-order valence-electron chi connectivity index (χ1n) is 12.8. The largest absolute Gasteiger partial charge is 0.494 e. The van der Waals surface area contributed by atoms with Gasteiger partial charge in [0.15, 0.2) is 11.5 Å². The summed E-state index contributed by atoms with van der Waals surface area (Å²) in [6.07, 6.45) is 0. The smallest absolute Gasteiger partial charge is 0.264 e. The molecule has 0 radical (unpaired) electrons. The van der Waals surface area contributed by atoms with Gasteiger partial charge < -0.3 is 19.5 Å². The van der Waals surface area contributed by atoms with E-state index in [4.69, 9.17) is 14.2 Å². The molecule has 210 valence electrons. The molecule has 8 nitrogen and oxygen atoms in total. The summed E-state index contributed by atoms with van der Waals surface area (Å²) >= 11 is 0. The highest BCUT2D eigenvalue weighted by Gasteiger charge is 2.29. The van der Waals surface area contributed by atoms with Crippen molar-refractivity contribution in [3.05, 3.63) is 77.9 Å². The van der Waals surface area contributed by atoms with Crippen molar-refractivity contribution in [1.82, 2.24) is 5.32 Å². The first kappa shape index (κ1) is 29.8. The third-order valence-electron chi connectivity index (χ3n) is 6.32. The Morgan fingerprint density at radius 3 is 2.08 bits per heavy atom. The molecule has 0 aliphatic rings. The number of carbonyl (C=O) groups is 1. The van der Waals surface area contributed by atoms with Gasteiger partial charge in [0.1, 0.15) is 12.3 Å². The molecule has 3 rings (SSSR count). The van der Waals surface area contributed by atoms with Crippen LogP contribution in [0.2, 0.25) is 0 Å². The van der Waals surface area contributed by atoms with Crippen molar-refractivity contribution in [2.45, 2.75) is 51.0 Å². The van der Waals surface area contributed by atoms with Gasteiger partial charge in [0.25, 0.3) is 10.0 Å².